The van der Waals surface area contributed by atoms with Crippen molar-refractivity contribution in [1.29, 1.82) is 0 Å². The van der Waals surface area contributed by atoms with Crippen LogP contribution in [0.3, 0.4) is 0 Å². The number of benzene rings is 1. The average molecular weight is 206 g/mol. The Bertz CT molecular complexity index is 269. The van der Waals surface area contributed by atoms with Crippen molar-refractivity contribution in [2.75, 3.05) is 6.61 Å². The Morgan fingerprint density at radius 1 is 1.33 bits per heavy atom. The molecule has 0 saturated carbocycles. The fourth-order valence-electron chi connectivity index (χ4n) is 1.33. The first-order valence-corrected chi connectivity index (χ1v) is 5.38. The number of carbonyl (C=O) groups is 1. The second kappa shape index (κ2) is 7.18. The molecule has 1 atom stereocenters. The normalized spacial score (nSPS) is 12.3. The molecule has 2 heteroatoms. The molecule has 0 bridgehead atoms. The Morgan fingerprint density at radius 3 is 2.73 bits per heavy atom. The summed E-state index contributed by atoms with van der Waals surface area (Å²) in [5.74, 6) is 0.429. The number of ether oxygens (including phenoxy) is 1. The summed E-state index contributed by atoms with van der Waals surface area (Å²) in [6.45, 7) is 3.46. The molecular formula is C13H18O2. The highest BCUT2D eigenvalue weighted by Gasteiger charge is 2.00. The first-order valence-electron chi connectivity index (χ1n) is 5.38. The zero-order valence-corrected chi connectivity index (χ0v) is 9.19. The monoisotopic (exact) mass is 206 g/mol. The van der Waals surface area contributed by atoms with Gasteiger partial charge in [-0.15, -0.1) is 0 Å². The summed E-state index contributed by atoms with van der Waals surface area (Å²) in [5.41, 5.74) is 1.19. The maximum absolute atomic E-state index is 10.2. The maximum atomic E-state index is 10.2. The van der Waals surface area contributed by atoms with E-state index in [0.29, 0.717) is 18.9 Å². The van der Waals surface area contributed by atoms with Gasteiger partial charge < -0.3 is 9.53 Å². The van der Waals surface area contributed by atoms with Gasteiger partial charge in [-0.3, -0.25) is 0 Å². The number of aldehydes is 1. The lowest BCUT2D eigenvalue weighted by molar-refractivity contribution is -0.108. The van der Waals surface area contributed by atoms with Crippen LogP contribution in [0.5, 0.6) is 0 Å². The predicted octanol–water partition coefficient (Wildman–Crippen LogP) is 2.82. The topological polar surface area (TPSA) is 26.3 Å². The highest BCUT2D eigenvalue weighted by atomic mass is 16.5. The number of hydrogen-bond acceptors (Lipinski definition) is 2. The van der Waals surface area contributed by atoms with E-state index in [1.54, 1.807) is 0 Å². The summed E-state index contributed by atoms with van der Waals surface area (Å²) in [6.07, 6.45) is 2.56. The average Bonchev–Trinajstić information content (AvgIpc) is 2.26. The van der Waals surface area contributed by atoms with Gasteiger partial charge >= 0.3 is 0 Å². The molecule has 1 rings (SSSR count). The second-order valence-electron chi connectivity index (χ2n) is 3.83. The molecule has 0 saturated heterocycles. The Labute approximate surface area is 91.3 Å². The molecular weight excluding hydrogens is 188 g/mol. The van der Waals surface area contributed by atoms with Crippen LogP contribution < -0.4 is 0 Å². The highest BCUT2D eigenvalue weighted by Crippen LogP contribution is 2.07. The molecule has 0 amide bonds. The van der Waals surface area contributed by atoms with Crippen molar-refractivity contribution < 1.29 is 9.53 Å². The third kappa shape index (κ3) is 5.33. The number of carbonyl (C=O) groups excluding carboxylic acids is 1. The van der Waals surface area contributed by atoms with E-state index in [1.807, 2.05) is 18.2 Å². The molecule has 0 aliphatic rings. The summed E-state index contributed by atoms with van der Waals surface area (Å²) in [4.78, 5) is 10.2. The molecule has 0 N–H and O–H groups in total. The third-order valence-electron chi connectivity index (χ3n) is 2.37. The fourth-order valence-corrected chi connectivity index (χ4v) is 1.33. The lowest BCUT2D eigenvalue weighted by Gasteiger charge is -2.08. The van der Waals surface area contributed by atoms with Gasteiger partial charge in [0, 0.05) is 13.0 Å². The molecule has 1 aromatic carbocycles. The van der Waals surface area contributed by atoms with Crippen LogP contribution in [0.2, 0.25) is 0 Å². The quantitative estimate of drug-likeness (QED) is 0.506. The number of rotatable bonds is 7. The van der Waals surface area contributed by atoms with Crippen LogP contribution in [-0.2, 0) is 16.1 Å². The summed E-state index contributed by atoms with van der Waals surface area (Å²) in [5, 5.41) is 0. The Balaban J connectivity index is 2.09. The van der Waals surface area contributed by atoms with Gasteiger partial charge in [0.1, 0.15) is 6.29 Å². The number of hydrogen-bond donors (Lipinski definition) is 0. The fraction of sp³-hybridized carbons (Fsp3) is 0.462. The van der Waals surface area contributed by atoms with Crippen LogP contribution in [0.4, 0.5) is 0 Å². The van der Waals surface area contributed by atoms with Gasteiger partial charge in [-0.1, -0.05) is 37.3 Å². The van der Waals surface area contributed by atoms with Crippen molar-refractivity contribution in [2.45, 2.75) is 26.4 Å². The molecule has 0 heterocycles. The van der Waals surface area contributed by atoms with Gasteiger partial charge in [-0.05, 0) is 17.9 Å². The zero-order chi connectivity index (χ0) is 10.9. The zero-order valence-electron chi connectivity index (χ0n) is 9.19. The van der Waals surface area contributed by atoms with E-state index in [1.165, 1.54) is 5.56 Å². The van der Waals surface area contributed by atoms with E-state index in [2.05, 4.69) is 19.1 Å². The van der Waals surface area contributed by atoms with Gasteiger partial charge in [-0.25, -0.2) is 0 Å². The highest BCUT2D eigenvalue weighted by molar-refractivity contribution is 5.49. The van der Waals surface area contributed by atoms with Crippen LogP contribution in [0.1, 0.15) is 25.3 Å². The standard InChI is InChI=1S/C13H18O2/c1-12(7-9-14)8-10-15-11-13-5-3-2-4-6-13/h2-6,9,12H,7-8,10-11H2,1H3. The van der Waals surface area contributed by atoms with Crippen molar-refractivity contribution in [1.82, 2.24) is 0 Å². The van der Waals surface area contributed by atoms with Gasteiger partial charge in [0.2, 0.25) is 0 Å². The molecule has 0 aliphatic carbocycles. The van der Waals surface area contributed by atoms with Crippen molar-refractivity contribution in [3.63, 3.8) is 0 Å². The van der Waals surface area contributed by atoms with E-state index < -0.39 is 0 Å². The molecule has 2 nitrogen and oxygen atoms in total. The molecule has 1 unspecified atom stereocenters. The van der Waals surface area contributed by atoms with Crippen LogP contribution in [0.15, 0.2) is 30.3 Å². The van der Waals surface area contributed by atoms with Crippen LogP contribution in [0, 0.1) is 5.92 Å². The van der Waals surface area contributed by atoms with E-state index in [-0.39, 0.29) is 0 Å². The summed E-state index contributed by atoms with van der Waals surface area (Å²) >= 11 is 0. The first kappa shape index (κ1) is 11.9. The van der Waals surface area contributed by atoms with Crippen molar-refractivity contribution >= 4 is 6.29 Å². The minimum atomic E-state index is 0.429. The minimum absolute atomic E-state index is 0.429. The Hall–Kier alpha value is -1.15. The predicted molar refractivity (Wildman–Crippen MR) is 60.6 cm³/mol. The van der Waals surface area contributed by atoms with Gasteiger partial charge in [0.05, 0.1) is 6.61 Å². The Kier molecular flexibility index (Phi) is 5.71. The molecule has 1 aromatic rings. The molecule has 15 heavy (non-hydrogen) atoms. The molecule has 0 spiro atoms. The summed E-state index contributed by atoms with van der Waals surface area (Å²) in [7, 11) is 0. The summed E-state index contributed by atoms with van der Waals surface area (Å²) in [6, 6.07) is 10.1. The smallest absolute Gasteiger partial charge is 0.120 e. The van der Waals surface area contributed by atoms with Crippen molar-refractivity contribution in [3.8, 4) is 0 Å². The molecule has 0 aromatic heterocycles. The van der Waals surface area contributed by atoms with Crippen molar-refractivity contribution in [2.24, 2.45) is 5.92 Å². The third-order valence-corrected chi connectivity index (χ3v) is 2.37. The van der Waals surface area contributed by atoms with Crippen LogP contribution in [0.25, 0.3) is 0 Å². The maximum Gasteiger partial charge on any atom is 0.120 e. The molecule has 0 radical (unpaired) electrons. The lowest BCUT2D eigenvalue weighted by Crippen LogP contribution is -2.02. The molecule has 82 valence electrons. The SMILES string of the molecule is CC(CC=O)CCOCc1ccccc1. The Morgan fingerprint density at radius 2 is 2.07 bits per heavy atom. The van der Waals surface area contributed by atoms with Gasteiger partial charge in [0.25, 0.3) is 0 Å². The molecule has 0 fully saturated rings. The van der Waals surface area contributed by atoms with E-state index >= 15 is 0 Å². The van der Waals surface area contributed by atoms with Crippen molar-refractivity contribution in [3.05, 3.63) is 35.9 Å². The van der Waals surface area contributed by atoms with Gasteiger partial charge in [-0.2, -0.15) is 0 Å². The lowest BCUT2D eigenvalue weighted by atomic mass is 10.1. The molecule has 0 aliphatic heterocycles. The van der Waals surface area contributed by atoms with Crippen LogP contribution in [-0.4, -0.2) is 12.9 Å². The van der Waals surface area contributed by atoms with E-state index in [0.717, 1.165) is 19.3 Å². The summed E-state index contributed by atoms with van der Waals surface area (Å²) < 4.78 is 5.52. The first-order chi connectivity index (χ1) is 7.33. The largest absolute Gasteiger partial charge is 0.377 e. The minimum Gasteiger partial charge on any atom is -0.377 e. The van der Waals surface area contributed by atoms with Gasteiger partial charge in [0.15, 0.2) is 0 Å². The second-order valence-corrected chi connectivity index (χ2v) is 3.83. The van der Waals surface area contributed by atoms with E-state index in [4.69, 9.17) is 4.74 Å². The van der Waals surface area contributed by atoms with E-state index in [9.17, 15) is 4.79 Å². The van der Waals surface area contributed by atoms with Crippen LogP contribution >= 0.6 is 0 Å².